The van der Waals surface area contributed by atoms with Gasteiger partial charge in [0.05, 0.1) is 11.8 Å². The number of anilines is 1. The van der Waals surface area contributed by atoms with Gasteiger partial charge in [0.15, 0.2) is 5.11 Å². The van der Waals surface area contributed by atoms with E-state index in [1.165, 1.54) is 24.4 Å². The average molecular weight is 317 g/mol. The minimum Gasteiger partial charge on any atom is -0.478 e. The lowest BCUT2D eigenvalue weighted by molar-refractivity contribution is 0.0697. The van der Waals surface area contributed by atoms with Crippen molar-refractivity contribution in [2.45, 2.75) is 0 Å². The Morgan fingerprint density at radius 2 is 2.00 bits per heavy atom. The summed E-state index contributed by atoms with van der Waals surface area (Å²) >= 11 is 5.02. The van der Waals surface area contributed by atoms with Crippen molar-refractivity contribution in [1.29, 1.82) is 0 Å². The number of thiocarbonyl (C=S) groups is 1. The first-order valence-electron chi connectivity index (χ1n) is 6.24. The summed E-state index contributed by atoms with van der Waals surface area (Å²) in [4.78, 5) is 10.9. The highest BCUT2D eigenvalue weighted by Gasteiger charge is 2.04. The number of carboxylic acids is 1. The van der Waals surface area contributed by atoms with Crippen LogP contribution in [0, 0.1) is 5.82 Å². The number of carboxylic acid groups (broad SMARTS) is 1. The minimum atomic E-state index is -1.03. The zero-order valence-corrected chi connectivity index (χ0v) is 12.1. The first kappa shape index (κ1) is 15.6. The van der Waals surface area contributed by atoms with Gasteiger partial charge in [-0.1, -0.05) is 24.3 Å². The summed E-state index contributed by atoms with van der Waals surface area (Å²) < 4.78 is 13.4. The van der Waals surface area contributed by atoms with Gasteiger partial charge < -0.3 is 10.4 Å². The monoisotopic (exact) mass is 317 g/mol. The van der Waals surface area contributed by atoms with Crippen LogP contribution in [-0.4, -0.2) is 22.4 Å². The second-order valence-corrected chi connectivity index (χ2v) is 4.64. The van der Waals surface area contributed by atoms with Gasteiger partial charge in [-0.15, -0.1) is 0 Å². The maximum Gasteiger partial charge on any atom is 0.335 e. The summed E-state index contributed by atoms with van der Waals surface area (Å²) in [6.45, 7) is 0. The van der Waals surface area contributed by atoms with Crippen molar-refractivity contribution in [3.05, 3.63) is 65.5 Å². The lowest BCUT2D eigenvalue weighted by Crippen LogP contribution is -2.24. The van der Waals surface area contributed by atoms with E-state index >= 15 is 0 Å². The van der Waals surface area contributed by atoms with Gasteiger partial charge in [0, 0.05) is 11.3 Å². The second-order valence-electron chi connectivity index (χ2n) is 4.23. The van der Waals surface area contributed by atoms with Crippen molar-refractivity contribution in [1.82, 2.24) is 5.43 Å². The van der Waals surface area contributed by atoms with Gasteiger partial charge in [0.2, 0.25) is 0 Å². The summed E-state index contributed by atoms with van der Waals surface area (Å²) in [7, 11) is 0. The third-order valence-corrected chi connectivity index (χ3v) is 2.84. The van der Waals surface area contributed by atoms with E-state index in [1.807, 2.05) is 0 Å². The van der Waals surface area contributed by atoms with E-state index in [2.05, 4.69) is 15.8 Å². The molecular formula is C15H12FN3O2S. The van der Waals surface area contributed by atoms with Crippen LogP contribution in [0.4, 0.5) is 10.1 Å². The molecule has 2 aromatic carbocycles. The molecule has 0 saturated heterocycles. The Balaban J connectivity index is 1.95. The fourth-order valence-corrected chi connectivity index (χ4v) is 1.80. The number of hydrazone groups is 1. The van der Waals surface area contributed by atoms with Crippen molar-refractivity contribution >= 4 is 35.2 Å². The van der Waals surface area contributed by atoms with Crippen molar-refractivity contribution in [3.63, 3.8) is 0 Å². The van der Waals surface area contributed by atoms with Gasteiger partial charge in [-0.2, -0.15) is 5.10 Å². The van der Waals surface area contributed by atoms with Gasteiger partial charge in [-0.3, -0.25) is 5.43 Å². The highest BCUT2D eigenvalue weighted by atomic mass is 32.1. The Bertz CT molecular complexity index is 734. The zero-order valence-electron chi connectivity index (χ0n) is 11.3. The van der Waals surface area contributed by atoms with Gasteiger partial charge in [0.1, 0.15) is 5.82 Å². The first-order chi connectivity index (χ1) is 10.6. The minimum absolute atomic E-state index is 0.141. The Kier molecular flexibility index (Phi) is 5.16. The fourth-order valence-electron chi connectivity index (χ4n) is 1.63. The molecule has 0 aliphatic carbocycles. The molecular weight excluding hydrogens is 305 g/mol. The summed E-state index contributed by atoms with van der Waals surface area (Å²) in [6, 6.07) is 12.4. The van der Waals surface area contributed by atoms with Crippen molar-refractivity contribution < 1.29 is 14.3 Å². The van der Waals surface area contributed by atoms with Crippen molar-refractivity contribution in [3.8, 4) is 0 Å². The standard InChI is InChI=1S/C15H12FN3O2S/c16-13-7-2-1-4-11(13)9-17-19-15(22)18-12-6-3-5-10(8-12)14(20)21/h1-9H,(H,20,21)(H2,18,19,22). The highest BCUT2D eigenvalue weighted by Crippen LogP contribution is 2.10. The number of aromatic carboxylic acids is 1. The number of hydrogen-bond acceptors (Lipinski definition) is 3. The first-order valence-corrected chi connectivity index (χ1v) is 6.65. The summed E-state index contributed by atoms with van der Waals surface area (Å²) in [6.07, 6.45) is 1.30. The number of nitrogens with one attached hydrogen (secondary N) is 2. The number of carbonyl (C=O) groups is 1. The number of rotatable bonds is 4. The molecule has 0 atom stereocenters. The molecule has 22 heavy (non-hydrogen) atoms. The lowest BCUT2D eigenvalue weighted by Gasteiger charge is -2.07. The second kappa shape index (κ2) is 7.28. The maximum atomic E-state index is 13.4. The molecule has 0 spiro atoms. The van der Waals surface area contributed by atoms with E-state index in [4.69, 9.17) is 17.3 Å². The third kappa shape index (κ3) is 4.35. The van der Waals surface area contributed by atoms with E-state index in [0.717, 1.165) is 0 Å². The molecule has 0 aliphatic rings. The van der Waals surface area contributed by atoms with Gasteiger partial charge in [-0.25, -0.2) is 9.18 Å². The lowest BCUT2D eigenvalue weighted by atomic mass is 10.2. The summed E-state index contributed by atoms with van der Waals surface area (Å²) in [5.41, 5.74) is 3.51. The Morgan fingerprint density at radius 1 is 1.23 bits per heavy atom. The Morgan fingerprint density at radius 3 is 2.73 bits per heavy atom. The number of nitrogens with zero attached hydrogens (tertiary/aromatic N) is 1. The molecule has 3 N–H and O–H groups in total. The van der Waals surface area contributed by atoms with E-state index in [0.29, 0.717) is 11.3 Å². The SMILES string of the molecule is O=C(O)c1cccc(NC(=S)NN=Cc2ccccc2F)c1. The Labute approximate surface area is 131 Å². The van der Waals surface area contributed by atoms with Crippen LogP contribution in [0.3, 0.4) is 0 Å². The molecule has 0 radical (unpaired) electrons. The summed E-state index contributed by atoms with van der Waals surface area (Å²) in [5, 5.41) is 15.7. The van der Waals surface area contributed by atoms with Gasteiger partial charge in [0.25, 0.3) is 0 Å². The van der Waals surface area contributed by atoms with Crippen LogP contribution in [0.25, 0.3) is 0 Å². The molecule has 0 aromatic heterocycles. The average Bonchev–Trinajstić information content (AvgIpc) is 2.49. The third-order valence-electron chi connectivity index (χ3n) is 2.64. The molecule has 0 aliphatic heterocycles. The molecule has 0 amide bonds. The van der Waals surface area contributed by atoms with Gasteiger partial charge >= 0.3 is 5.97 Å². The number of benzene rings is 2. The van der Waals surface area contributed by atoms with Crippen LogP contribution in [0.1, 0.15) is 15.9 Å². The topological polar surface area (TPSA) is 73.7 Å². The van der Waals surface area contributed by atoms with E-state index in [1.54, 1.807) is 30.3 Å². The molecule has 2 rings (SSSR count). The molecule has 0 bridgehead atoms. The smallest absolute Gasteiger partial charge is 0.335 e. The van der Waals surface area contributed by atoms with Crippen molar-refractivity contribution in [2.75, 3.05) is 5.32 Å². The van der Waals surface area contributed by atoms with Crippen LogP contribution >= 0.6 is 12.2 Å². The van der Waals surface area contributed by atoms with Gasteiger partial charge in [-0.05, 0) is 36.5 Å². The number of hydrogen-bond donors (Lipinski definition) is 3. The van der Waals surface area contributed by atoms with Crippen LogP contribution in [0.2, 0.25) is 0 Å². The molecule has 2 aromatic rings. The van der Waals surface area contributed by atoms with E-state index in [9.17, 15) is 9.18 Å². The molecule has 0 saturated carbocycles. The van der Waals surface area contributed by atoms with Crippen LogP contribution in [0.5, 0.6) is 0 Å². The van der Waals surface area contributed by atoms with Crippen LogP contribution in [0.15, 0.2) is 53.6 Å². The van der Waals surface area contributed by atoms with Crippen LogP contribution in [-0.2, 0) is 0 Å². The maximum absolute atomic E-state index is 13.4. The van der Waals surface area contributed by atoms with Crippen molar-refractivity contribution in [2.24, 2.45) is 5.10 Å². The van der Waals surface area contributed by atoms with Crippen LogP contribution < -0.4 is 10.7 Å². The largest absolute Gasteiger partial charge is 0.478 e. The van der Waals surface area contributed by atoms with E-state index < -0.39 is 5.97 Å². The zero-order chi connectivity index (χ0) is 15.9. The molecule has 0 fully saturated rings. The summed E-state index contributed by atoms with van der Waals surface area (Å²) in [5.74, 6) is -1.42. The Hall–Kier alpha value is -2.80. The molecule has 0 unspecified atom stereocenters. The molecule has 5 nitrogen and oxygen atoms in total. The molecule has 0 heterocycles. The molecule has 112 valence electrons. The predicted molar refractivity (Wildman–Crippen MR) is 86.8 cm³/mol. The predicted octanol–water partition coefficient (Wildman–Crippen LogP) is 2.84. The molecule has 7 heteroatoms. The quantitative estimate of drug-likeness (QED) is 0.459. The van der Waals surface area contributed by atoms with E-state index in [-0.39, 0.29) is 16.5 Å². The number of halogens is 1. The fraction of sp³-hybridized carbons (Fsp3) is 0. The highest BCUT2D eigenvalue weighted by molar-refractivity contribution is 7.80. The normalized spacial score (nSPS) is 10.4.